The van der Waals surface area contributed by atoms with E-state index in [0.717, 1.165) is 26.9 Å². The summed E-state index contributed by atoms with van der Waals surface area (Å²) in [5, 5.41) is 4.06. The molecule has 3 aromatic rings. The van der Waals surface area contributed by atoms with Crippen molar-refractivity contribution >= 4 is 21.6 Å². The number of nitrogen functional groups attached to an aromatic ring is 1. The van der Waals surface area contributed by atoms with Crippen LogP contribution in [0.4, 0.5) is 5.69 Å². The van der Waals surface area contributed by atoms with Crippen LogP contribution < -0.4 is 5.73 Å². The molecule has 0 saturated heterocycles. The molecule has 0 bridgehead atoms. The molecule has 0 aliphatic rings. The van der Waals surface area contributed by atoms with Gasteiger partial charge in [0, 0.05) is 21.3 Å². The summed E-state index contributed by atoms with van der Waals surface area (Å²) in [6.07, 6.45) is 0. The number of nitrogens with two attached hydrogens (primary N) is 1. The van der Waals surface area contributed by atoms with E-state index in [4.69, 9.17) is 10.3 Å². The summed E-state index contributed by atoms with van der Waals surface area (Å²) in [5.74, 6) is 1.05. The van der Waals surface area contributed by atoms with Crippen molar-refractivity contribution in [1.82, 2.24) is 10.1 Å². The third-order valence-electron chi connectivity index (χ3n) is 3.31. The number of benzene rings is 2. The Morgan fingerprint density at radius 3 is 2.62 bits per heavy atom. The highest BCUT2D eigenvalue weighted by Gasteiger charge is 2.13. The van der Waals surface area contributed by atoms with Gasteiger partial charge in [0.2, 0.25) is 5.82 Å². The zero-order valence-corrected chi connectivity index (χ0v) is 13.3. The summed E-state index contributed by atoms with van der Waals surface area (Å²) < 4.78 is 6.31. The number of nitrogens with zero attached hydrogens (tertiary/aromatic N) is 2. The van der Waals surface area contributed by atoms with Gasteiger partial charge in [0.05, 0.1) is 0 Å². The lowest BCUT2D eigenvalue weighted by molar-refractivity contribution is 0.432. The van der Waals surface area contributed by atoms with Crippen LogP contribution in [-0.4, -0.2) is 10.1 Å². The van der Waals surface area contributed by atoms with Crippen molar-refractivity contribution in [3.63, 3.8) is 0 Å². The quantitative estimate of drug-likeness (QED) is 0.702. The maximum absolute atomic E-state index is 5.82. The molecule has 0 radical (unpaired) electrons. The van der Waals surface area contributed by atoms with Crippen molar-refractivity contribution in [1.29, 1.82) is 0 Å². The molecule has 0 fully saturated rings. The van der Waals surface area contributed by atoms with Gasteiger partial charge in [-0.3, -0.25) is 0 Å². The van der Waals surface area contributed by atoms with Crippen molar-refractivity contribution in [2.45, 2.75) is 13.8 Å². The first-order valence-electron chi connectivity index (χ1n) is 6.51. The van der Waals surface area contributed by atoms with Gasteiger partial charge in [0.1, 0.15) is 0 Å². The van der Waals surface area contributed by atoms with Crippen molar-refractivity contribution in [2.24, 2.45) is 0 Å². The van der Waals surface area contributed by atoms with Crippen LogP contribution in [0, 0.1) is 13.8 Å². The summed E-state index contributed by atoms with van der Waals surface area (Å²) >= 11 is 3.53. The lowest BCUT2D eigenvalue weighted by Crippen LogP contribution is -1.89. The topological polar surface area (TPSA) is 64.9 Å². The molecule has 2 aromatic carbocycles. The Morgan fingerprint density at radius 2 is 1.90 bits per heavy atom. The van der Waals surface area contributed by atoms with Gasteiger partial charge in [-0.15, -0.1) is 0 Å². The number of halogens is 1. The van der Waals surface area contributed by atoms with Gasteiger partial charge < -0.3 is 10.3 Å². The number of hydrogen-bond acceptors (Lipinski definition) is 4. The predicted molar refractivity (Wildman–Crippen MR) is 86.8 cm³/mol. The lowest BCUT2D eigenvalue weighted by atomic mass is 10.1. The number of rotatable bonds is 2. The largest absolute Gasteiger partial charge is 0.399 e. The predicted octanol–water partition coefficient (Wildman–Crippen LogP) is 4.37. The molecule has 4 nitrogen and oxygen atoms in total. The minimum absolute atomic E-state index is 0.487. The molecule has 0 spiro atoms. The number of hydrogen-bond donors (Lipinski definition) is 1. The standard InChI is InChI=1S/C16H14BrN3O/c1-9-3-5-12(13(17)7-9)15-19-16(21-20-15)11-4-6-14(18)10(2)8-11/h3-8H,18H2,1-2H3. The molecule has 0 aliphatic carbocycles. The first-order chi connectivity index (χ1) is 10.0. The normalized spacial score (nSPS) is 10.8. The molecular weight excluding hydrogens is 330 g/mol. The number of aromatic nitrogens is 2. The minimum Gasteiger partial charge on any atom is -0.399 e. The van der Waals surface area contributed by atoms with E-state index in [2.05, 4.69) is 26.1 Å². The van der Waals surface area contributed by atoms with Crippen LogP contribution in [0.15, 0.2) is 45.4 Å². The van der Waals surface area contributed by atoms with E-state index in [1.54, 1.807) is 0 Å². The van der Waals surface area contributed by atoms with Crippen LogP contribution in [0.3, 0.4) is 0 Å². The van der Waals surface area contributed by atoms with Crippen molar-refractivity contribution in [3.8, 4) is 22.8 Å². The first kappa shape index (κ1) is 13.8. The summed E-state index contributed by atoms with van der Waals surface area (Å²) in [7, 11) is 0. The van der Waals surface area contributed by atoms with Crippen LogP contribution in [-0.2, 0) is 0 Å². The molecular formula is C16H14BrN3O. The fraction of sp³-hybridized carbons (Fsp3) is 0.125. The Kier molecular flexibility index (Phi) is 3.51. The van der Waals surface area contributed by atoms with E-state index in [-0.39, 0.29) is 0 Å². The van der Waals surface area contributed by atoms with Crippen LogP contribution in [0.25, 0.3) is 22.8 Å². The summed E-state index contributed by atoms with van der Waals surface area (Å²) in [6.45, 7) is 3.99. The lowest BCUT2D eigenvalue weighted by Gasteiger charge is -2.01. The number of anilines is 1. The Balaban J connectivity index is 2.01. The van der Waals surface area contributed by atoms with Crippen LogP contribution in [0.5, 0.6) is 0 Å². The third-order valence-corrected chi connectivity index (χ3v) is 3.96. The van der Waals surface area contributed by atoms with Gasteiger partial charge in [-0.1, -0.05) is 27.2 Å². The van der Waals surface area contributed by atoms with Gasteiger partial charge in [0.25, 0.3) is 5.89 Å². The Bertz CT molecular complexity index is 811. The molecule has 1 heterocycles. The van der Waals surface area contributed by atoms with Gasteiger partial charge in [-0.25, -0.2) is 0 Å². The van der Waals surface area contributed by atoms with Crippen molar-refractivity contribution in [3.05, 3.63) is 52.0 Å². The molecule has 0 amide bonds. The van der Waals surface area contributed by atoms with E-state index >= 15 is 0 Å². The van der Waals surface area contributed by atoms with E-state index in [9.17, 15) is 0 Å². The zero-order chi connectivity index (χ0) is 15.0. The molecule has 0 aliphatic heterocycles. The van der Waals surface area contributed by atoms with Gasteiger partial charge >= 0.3 is 0 Å². The monoisotopic (exact) mass is 343 g/mol. The highest BCUT2D eigenvalue weighted by molar-refractivity contribution is 9.10. The summed E-state index contributed by atoms with van der Waals surface area (Å²) in [5.41, 5.74) is 10.5. The summed E-state index contributed by atoms with van der Waals surface area (Å²) in [6, 6.07) is 11.7. The average Bonchev–Trinajstić information content (AvgIpc) is 2.91. The van der Waals surface area contributed by atoms with E-state index in [0.29, 0.717) is 11.7 Å². The maximum atomic E-state index is 5.82. The fourth-order valence-electron chi connectivity index (χ4n) is 2.06. The second kappa shape index (κ2) is 5.33. The second-order valence-corrected chi connectivity index (χ2v) is 5.83. The molecule has 3 rings (SSSR count). The SMILES string of the molecule is Cc1ccc(-c2noc(-c3ccc(N)c(C)c3)n2)c(Br)c1. The highest BCUT2D eigenvalue weighted by atomic mass is 79.9. The molecule has 0 unspecified atom stereocenters. The molecule has 106 valence electrons. The van der Waals surface area contributed by atoms with Crippen molar-refractivity contribution in [2.75, 3.05) is 5.73 Å². The molecule has 1 aromatic heterocycles. The molecule has 21 heavy (non-hydrogen) atoms. The molecule has 0 saturated carbocycles. The van der Waals surface area contributed by atoms with Crippen LogP contribution in [0.2, 0.25) is 0 Å². The fourth-order valence-corrected chi connectivity index (χ4v) is 2.73. The van der Waals surface area contributed by atoms with Gasteiger partial charge in [-0.2, -0.15) is 4.98 Å². The first-order valence-corrected chi connectivity index (χ1v) is 7.30. The minimum atomic E-state index is 0.487. The second-order valence-electron chi connectivity index (χ2n) is 4.98. The number of aryl methyl sites for hydroxylation is 2. The Labute approximate surface area is 131 Å². The maximum Gasteiger partial charge on any atom is 0.258 e. The van der Waals surface area contributed by atoms with Crippen molar-refractivity contribution < 1.29 is 4.52 Å². The van der Waals surface area contributed by atoms with Crippen LogP contribution in [0.1, 0.15) is 11.1 Å². The highest BCUT2D eigenvalue weighted by Crippen LogP contribution is 2.29. The smallest absolute Gasteiger partial charge is 0.258 e. The molecule has 0 atom stereocenters. The van der Waals surface area contributed by atoms with E-state index < -0.39 is 0 Å². The van der Waals surface area contributed by atoms with Gasteiger partial charge in [0.15, 0.2) is 0 Å². The zero-order valence-electron chi connectivity index (χ0n) is 11.7. The van der Waals surface area contributed by atoms with Gasteiger partial charge in [-0.05, 0) is 55.3 Å². The van der Waals surface area contributed by atoms with E-state index in [1.165, 1.54) is 5.56 Å². The molecule has 5 heteroatoms. The third kappa shape index (κ3) is 2.69. The Morgan fingerprint density at radius 1 is 1.10 bits per heavy atom. The Hall–Kier alpha value is -2.14. The molecule has 2 N–H and O–H groups in total. The average molecular weight is 344 g/mol. The van der Waals surface area contributed by atoms with E-state index in [1.807, 2.05) is 50.2 Å². The summed E-state index contributed by atoms with van der Waals surface area (Å²) in [4.78, 5) is 4.46. The van der Waals surface area contributed by atoms with Crippen LogP contribution >= 0.6 is 15.9 Å².